The number of aromatic amines is 1. The molecule has 0 spiro atoms. The van der Waals surface area contributed by atoms with Crippen LogP contribution in [0.15, 0.2) is 82.8 Å². The molecule has 3 aliphatic rings. The number of fused-ring (bicyclic) bond motifs is 3. The number of imidazole rings is 1. The number of H-pyrrole nitrogens is 1. The fourth-order valence-electron chi connectivity index (χ4n) is 5.22. The van der Waals surface area contributed by atoms with Gasteiger partial charge in [0, 0.05) is 60.8 Å². The van der Waals surface area contributed by atoms with Gasteiger partial charge in [0.2, 0.25) is 5.95 Å². The Labute approximate surface area is 239 Å². The van der Waals surface area contributed by atoms with Gasteiger partial charge in [-0.05, 0) is 47.9 Å². The van der Waals surface area contributed by atoms with E-state index < -0.39 is 0 Å². The second kappa shape index (κ2) is 12.0. The minimum absolute atomic E-state index is 0.191. The number of morpholine rings is 1. The number of nitrogens with one attached hydrogen (secondary N) is 5. The summed E-state index contributed by atoms with van der Waals surface area (Å²) in [5.41, 5.74) is 10.2. The summed E-state index contributed by atoms with van der Waals surface area (Å²) in [7, 11) is 0. The van der Waals surface area contributed by atoms with E-state index in [-0.39, 0.29) is 5.91 Å². The smallest absolute Gasteiger partial charge is 0.255 e. The fraction of sp³-hybridized carbons (Fsp3) is 0.323. The fourth-order valence-corrected chi connectivity index (χ4v) is 5.22. The first-order valence-corrected chi connectivity index (χ1v) is 14.2. The molecule has 1 fully saturated rings. The molecule has 10 nitrogen and oxygen atoms in total. The number of hydrogen-bond acceptors (Lipinski definition) is 8. The minimum atomic E-state index is -0.191. The third-order valence-electron chi connectivity index (χ3n) is 7.45. The van der Waals surface area contributed by atoms with Crippen molar-refractivity contribution in [3.05, 3.63) is 88.8 Å². The van der Waals surface area contributed by atoms with Crippen molar-refractivity contribution in [2.45, 2.75) is 26.2 Å². The third-order valence-corrected chi connectivity index (χ3v) is 7.45. The van der Waals surface area contributed by atoms with E-state index in [0.29, 0.717) is 23.1 Å². The summed E-state index contributed by atoms with van der Waals surface area (Å²) in [5.74, 6) is 1.67. The second-order valence-electron chi connectivity index (χ2n) is 10.8. The summed E-state index contributed by atoms with van der Waals surface area (Å²) in [5, 5.41) is 14.4. The Morgan fingerprint density at radius 1 is 1.12 bits per heavy atom. The first kappa shape index (κ1) is 26.8. The molecule has 0 unspecified atom stereocenters. The summed E-state index contributed by atoms with van der Waals surface area (Å²) >= 11 is 0. The predicted octanol–water partition coefficient (Wildman–Crippen LogP) is 4.10. The highest BCUT2D eigenvalue weighted by atomic mass is 16.5. The molecule has 212 valence electrons. The number of benzene rings is 2. The largest absolute Gasteiger partial charge is 0.379 e. The first-order chi connectivity index (χ1) is 20.0. The molecule has 5 N–H and O–H groups in total. The number of para-hydroxylation sites is 1. The Kier molecular flexibility index (Phi) is 7.84. The molecule has 41 heavy (non-hydrogen) atoms. The molecule has 2 aliphatic heterocycles. The molecular weight excluding hydrogens is 516 g/mol. The number of hydrazone groups is 1. The summed E-state index contributed by atoms with van der Waals surface area (Å²) in [4.78, 5) is 23.6. The van der Waals surface area contributed by atoms with E-state index in [0.717, 1.165) is 79.6 Å². The molecule has 1 amide bonds. The van der Waals surface area contributed by atoms with Crippen LogP contribution in [0.3, 0.4) is 0 Å². The maximum Gasteiger partial charge on any atom is 0.255 e. The Bertz CT molecular complexity index is 1560. The van der Waals surface area contributed by atoms with Crippen molar-refractivity contribution in [3.8, 4) is 0 Å². The van der Waals surface area contributed by atoms with Crippen LogP contribution in [-0.2, 0) is 4.74 Å². The number of amides is 1. The minimum Gasteiger partial charge on any atom is -0.379 e. The zero-order valence-electron chi connectivity index (χ0n) is 23.5. The molecule has 1 aliphatic carbocycles. The number of carbonyl (C=O) groups excluding carboxylic acids is 1. The number of rotatable bonds is 8. The number of carbonyl (C=O) groups is 1. The summed E-state index contributed by atoms with van der Waals surface area (Å²) in [6.45, 7) is 9.60. The summed E-state index contributed by atoms with van der Waals surface area (Å²) in [6, 6.07) is 13.7. The number of amidine groups is 1. The molecule has 1 saturated heterocycles. The van der Waals surface area contributed by atoms with E-state index in [1.54, 1.807) is 6.07 Å². The molecule has 3 heterocycles. The highest BCUT2D eigenvalue weighted by molar-refractivity contribution is 6.00. The number of anilines is 2. The Morgan fingerprint density at radius 2 is 1.98 bits per heavy atom. The molecule has 2 bridgehead atoms. The van der Waals surface area contributed by atoms with Gasteiger partial charge in [0.25, 0.3) is 5.91 Å². The quantitative estimate of drug-likeness (QED) is 0.286. The lowest BCUT2D eigenvalue weighted by molar-refractivity contribution is 0.0389. The molecule has 1 aromatic heterocycles. The van der Waals surface area contributed by atoms with E-state index in [2.05, 4.69) is 61.3 Å². The predicted molar refractivity (Wildman–Crippen MR) is 162 cm³/mol. The van der Waals surface area contributed by atoms with Gasteiger partial charge in [-0.15, -0.1) is 0 Å². The van der Waals surface area contributed by atoms with Crippen LogP contribution in [0.25, 0.3) is 11.0 Å². The Balaban J connectivity index is 1.10. The Hall–Kier alpha value is -4.41. The van der Waals surface area contributed by atoms with Gasteiger partial charge in [-0.1, -0.05) is 38.1 Å². The van der Waals surface area contributed by atoms with Crippen molar-refractivity contribution in [2.75, 3.05) is 44.7 Å². The van der Waals surface area contributed by atoms with Gasteiger partial charge in [0.15, 0.2) is 0 Å². The molecule has 6 rings (SSSR count). The van der Waals surface area contributed by atoms with Gasteiger partial charge in [-0.3, -0.25) is 15.1 Å². The molecular formula is C31H36N8O2. The van der Waals surface area contributed by atoms with E-state index in [1.165, 1.54) is 5.56 Å². The number of allylic oxidation sites excluding steroid dienone is 4. The van der Waals surface area contributed by atoms with E-state index in [9.17, 15) is 4.79 Å². The van der Waals surface area contributed by atoms with Gasteiger partial charge in [-0.25, -0.2) is 4.98 Å². The maximum absolute atomic E-state index is 13.2. The highest BCUT2D eigenvalue weighted by Crippen LogP contribution is 2.27. The van der Waals surface area contributed by atoms with Gasteiger partial charge >= 0.3 is 0 Å². The summed E-state index contributed by atoms with van der Waals surface area (Å²) < 4.78 is 5.42. The van der Waals surface area contributed by atoms with Crippen molar-refractivity contribution >= 4 is 34.4 Å². The lowest BCUT2D eigenvalue weighted by atomic mass is 10.0. The van der Waals surface area contributed by atoms with Crippen LogP contribution in [0, 0.1) is 0 Å². The molecule has 0 atom stereocenters. The average molecular weight is 553 g/mol. The average Bonchev–Trinajstić information content (AvgIpc) is 3.31. The SMILES string of the molecule is CC(C)c1ccccc1Nc1nc2ccc(C(=O)NC3=CC=C4CC(=C3)NN=C4NCCN3CCOCC3)cc2[nH]1. The van der Waals surface area contributed by atoms with E-state index >= 15 is 0 Å². The lowest BCUT2D eigenvalue weighted by Gasteiger charge is -2.27. The topological polar surface area (TPSA) is 119 Å². The monoisotopic (exact) mass is 552 g/mol. The number of ether oxygens (including phenoxy) is 1. The molecule has 10 heteroatoms. The van der Waals surface area contributed by atoms with Crippen molar-refractivity contribution in [3.63, 3.8) is 0 Å². The van der Waals surface area contributed by atoms with Gasteiger partial charge in [0.1, 0.15) is 5.84 Å². The van der Waals surface area contributed by atoms with Crippen molar-refractivity contribution in [1.82, 2.24) is 30.9 Å². The molecule has 2 aromatic carbocycles. The van der Waals surface area contributed by atoms with Crippen molar-refractivity contribution < 1.29 is 9.53 Å². The van der Waals surface area contributed by atoms with Crippen molar-refractivity contribution in [2.24, 2.45) is 5.10 Å². The zero-order valence-corrected chi connectivity index (χ0v) is 23.5. The normalized spacial score (nSPS) is 17.1. The highest BCUT2D eigenvalue weighted by Gasteiger charge is 2.19. The van der Waals surface area contributed by atoms with Gasteiger partial charge < -0.3 is 25.7 Å². The van der Waals surface area contributed by atoms with Crippen LogP contribution in [0.5, 0.6) is 0 Å². The maximum atomic E-state index is 13.2. The number of hydrogen-bond donors (Lipinski definition) is 5. The van der Waals surface area contributed by atoms with Crippen LogP contribution in [0.2, 0.25) is 0 Å². The molecule has 3 aromatic rings. The van der Waals surface area contributed by atoms with E-state index in [4.69, 9.17) is 4.74 Å². The zero-order chi connectivity index (χ0) is 28.2. The summed E-state index contributed by atoms with van der Waals surface area (Å²) in [6.07, 6.45) is 6.59. The third kappa shape index (κ3) is 6.34. The first-order valence-electron chi connectivity index (χ1n) is 14.2. The van der Waals surface area contributed by atoms with Gasteiger partial charge in [-0.2, -0.15) is 5.10 Å². The van der Waals surface area contributed by atoms with Crippen molar-refractivity contribution in [1.29, 1.82) is 0 Å². The van der Waals surface area contributed by atoms with Crippen LogP contribution < -0.4 is 21.4 Å². The van der Waals surface area contributed by atoms with E-state index in [1.807, 2.05) is 48.6 Å². The second-order valence-corrected chi connectivity index (χ2v) is 10.8. The van der Waals surface area contributed by atoms with Crippen LogP contribution in [-0.4, -0.2) is 66.0 Å². The van der Waals surface area contributed by atoms with Crippen LogP contribution in [0.4, 0.5) is 11.6 Å². The number of nitrogens with zero attached hydrogens (tertiary/aromatic N) is 3. The van der Waals surface area contributed by atoms with Gasteiger partial charge in [0.05, 0.1) is 24.2 Å². The molecule has 0 radical (unpaired) electrons. The number of aromatic nitrogens is 2. The van der Waals surface area contributed by atoms with Crippen LogP contribution >= 0.6 is 0 Å². The Morgan fingerprint density at radius 3 is 2.83 bits per heavy atom. The molecule has 0 saturated carbocycles. The standard InChI is InChI=1S/C31H36N8O2/c1-20(2)25-5-3-4-6-26(25)34-31-35-27-10-8-22(18-28(27)36-31)30(40)33-23-9-7-21-17-24(19-23)37-38-29(21)32-11-12-39-13-15-41-16-14-39/h3-10,18-20,37H,11-17H2,1-2H3,(H,32,38)(H,33,40)(H2,34,35,36). The van der Waals surface area contributed by atoms with Crippen LogP contribution in [0.1, 0.15) is 42.1 Å². The lowest BCUT2D eigenvalue weighted by Crippen LogP contribution is -2.42.